The van der Waals surface area contributed by atoms with E-state index in [0.29, 0.717) is 11.1 Å². The highest BCUT2D eigenvalue weighted by Gasteiger charge is 2.41. The Morgan fingerprint density at radius 1 is 1.24 bits per heavy atom. The van der Waals surface area contributed by atoms with E-state index in [4.69, 9.17) is 0 Å². The quantitative estimate of drug-likeness (QED) is 0.651. The molecule has 2 fully saturated rings. The number of nitrogens with one attached hydrogen (secondary N) is 2. The molecule has 1 spiro atoms. The lowest BCUT2D eigenvalue weighted by Gasteiger charge is -2.25. The van der Waals surface area contributed by atoms with Crippen LogP contribution in [0, 0.1) is 11.2 Å². The van der Waals surface area contributed by atoms with Crippen molar-refractivity contribution < 1.29 is 9.18 Å². The fourth-order valence-corrected chi connectivity index (χ4v) is 3.96. The van der Waals surface area contributed by atoms with Crippen LogP contribution < -0.4 is 10.6 Å². The van der Waals surface area contributed by atoms with Crippen LogP contribution in [0.15, 0.2) is 29.3 Å². The number of guanidine groups is 1. The van der Waals surface area contributed by atoms with Crippen LogP contribution in [0.5, 0.6) is 0 Å². The van der Waals surface area contributed by atoms with Gasteiger partial charge < -0.3 is 15.5 Å². The summed E-state index contributed by atoms with van der Waals surface area (Å²) >= 11 is 0. The Hall–Kier alpha value is -2.11. The smallest absolute Gasteiger partial charge is 0.246 e. The van der Waals surface area contributed by atoms with Gasteiger partial charge in [0.25, 0.3) is 0 Å². The third-order valence-corrected chi connectivity index (χ3v) is 5.24. The monoisotopic (exact) mass is 346 g/mol. The first kappa shape index (κ1) is 17.7. The number of carbonyl (C=O) groups is 1. The molecule has 0 radical (unpaired) electrons. The summed E-state index contributed by atoms with van der Waals surface area (Å²) in [7, 11) is 0. The number of benzene rings is 1. The lowest BCUT2D eigenvalue weighted by Crippen LogP contribution is -2.41. The molecule has 1 aliphatic carbocycles. The first-order valence-electron chi connectivity index (χ1n) is 9.19. The number of carbonyl (C=O) groups excluding carboxylic acids is 1. The number of likely N-dealkylation sites (tertiary alicyclic amines) is 1. The van der Waals surface area contributed by atoms with Gasteiger partial charge in [0.1, 0.15) is 12.4 Å². The van der Waals surface area contributed by atoms with E-state index in [1.165, 1.54) is 44.2 Å². The summed E-state index contributed by atoms with van der Waals surface area (Å²) < 4.78 is 12.9. The maximum atomic E-state index is 12.9. The van der Waals surface area contributed by atoms with E-state index >= 15 is 0 Å². The largest absolute Gasteiger partial charge is 0.357 e. The average molecular weight is 346 g/mol. The number of hydrogen-bond acceptors (Lipinski definition) is 2. The van der Waals surface area contributed by atoms with Gasteiger partial charge in [0.05, 0.1) is 0 Å². The zero-order chi connectivity index (χ0) is 17.7. The second-order valence-electron chi connectivity index (χ2n) is 7.10. The topological polar surface area (TPSA) is 56.7 Å². The zero-order valence-corrected chi connectivity index (χ0v) is 14.9. The molecule has 25 heavy (non-hydrogen) atoms. The molecule has 6 heteroatoms. The molecule has 3 rings (SSSR count). The molecule has 1 aliphatic heterocycles. The zero-order valence-electron chi connectivity index (χ0n) is 14.9. The first-order chi connectivity index (χ1) is 12.1. The van der Waals surface area contributed by atoms with Gasteiger partial charge in [-0.2, -0.15) is 0 Å². The number of hydrogen-bond donors (Lipinski definition) is 2. The van der Waals surface area contributed by atoms with Crippen LogP contribution in [0.25, 0.3) is 0 Å². The van der Waals surface area contributed by atoms with Gasteiger partial charge in [-0.3, -0.25) is 4.79 Å². The molecule has 1 aromatic rings. The van der Waals surface area contributed by atoms with E-state index in [1.807, 2.05) is 6.92 Å². The van der Waals surface area contributed by atoms with E-state index in [9.17, 15) is 9.18 Å². The summed E-state index contributed by atoms with van der Waals surface area (Å²) in [5.41, 5.74) is 1.05. The lowest BCUT2D eigenvalue weighted by molar-refractivity contribution is -0.114. The summed E-state index contributed by atoms with van der Waals surface area (Å²) in [4.78, 5) is 18.9. The summed E-state index contributed by atoms with van der Waals surface area (Å²) in [6, 6.07) is 5.75. The van der Waals surface area contributed by atoms with Crippen LogP contribution >= 0.6 is 0 Å². The van der Waals surface area contributed by atoms with Gasteiger partial charge in [-0.05, 0) is 55.9 Å². The molecule has 1 saturated carbocycles. The highest BCUT2D eigenvalue weighted by Crippen LogP contribution is 2.45. The Morgan fingerprint density at radius 3 is 2.64 bits per heavy atom. The molecule has 5 nitrogen and oxygen atoms in total. The van der Waals surface area contributed by atoms with Gasteiger partial charge >= 0.3 is 0 Å². The Morgan fingerprint density at radius 2 is 1.96 bits per heavy atom. The number of rotatable bonds is 4. The molecule has 136 valence electrons. The minimum Gasteiger partial charge on any atom is -0.357 e. The summed E-state index contributed by atoms with van der Waals surface area (Å²) in [5, 5.41) is 6.05. The standard InChI is InChI=1S/C19H27FN4O/c1-2-21-18(24-12-11-19(14-24)9-3-4-10-19)22-13-17(25)23-16-7-5-15(20)6-8-16/h5-8H,2-4,9-14H2,1H3,(H,21,22)(H,23,25). The highest BCUT2D eigenvalue weighted by molar-refractivity contribution is 5.94. The van der Waals surface area contributed by atoms with E-state index < -0.39 is 0 Å². The summed E-state index contributed by atoms with van der Waals surface area (Å²) in [6.45, 7) is 4.92. The van der Waals surface area contributed by atoms with Crippen LogP contribution in [-0.4, -0.2) is 42.9 Å². The van der Waals surface area contributed by atoms with Crippen molar-refractivity contribution in [3.63, 3.8) is 0 Å². The number of aliphatic imine (C=N–C) groups is 1. The molecule has 0 bridgehead atoms. The normalized spacial score (nSPS) is 19.4. The number of halogens is 1. The maximum Gasteiger partial charge on any atom is 0.246 e. The van der Waals surface area contributed by atoms with Crippen LogP contribution in [0.3, 0.4) is 0 Å². The van der Waals surface area contributed by atoms with Crippen LogP contribution in [-0.2, 0) is 4.79 Å². The summed E-state index contributed by atoms with van der Waals surface area (Å²) in [5.74, 6) is 0.303. The molecular weight excluding hydrogens is 319 g/mol. The SMILES string of the molecule is CCNC(=NCC(=O)Nc1ccc(F)cc1)N1CCC2(CCCC2)C1. The molecule has 0 aromatic heterocycles. The van der Waals surface area contributed by atoms with Crippen molar-refractivity contribution in [2.24, 2.45) is 10.4 Å². The fraction of sp³-hybridized carbons (Fsp3) is 0.579. The van der Waals surface area contributed by atoms with Crippen molar-refractivity contribution >= 4 is 17.6 Å². The second-order valence-corrected chi connectivity index (χ2v) is 7.10. The van der Waals surface area contributed by atoms with Crippen molar-refractivity contribution in [1.82, 2.24) is 10.2 Å². The van der Waals surface area contributed by atoms with E-state index in [2.05, 4.69) is 20.5 Å². The third-order valence-electron chi connectivity index (χ3n) is 5.24. The number of nitrogens with zero attached hydrogens (tertiary/aromatic N) is 2. The number of anilines is 1. The van der Waals surface area contributed by atoms with Gasteiger partial charge in [0, 0.05) is 25.3 Å². The fourth-order valence-electron chi connectivity index (χ4n) is 3.96. The molecule has 1 saturated heterocycles. The van der Waals surface area contributed by atoms with Gasteiger partial charge in [-0.1, -0.05) is 12.8 Å². The van der Waals surface area contributed by atoms with Crippen molar-refractivity contribution in [2.75, 3.05) is 31.5 Å². The van der Waals surface area contributed by atoms with E-state index in [0.717, 1.165) is 25.6 Å². The van der Waals surface area contributed by atoms with E-state index in [1.54, 1.807) is 12.1 Å². The predicted octanol–water partition coefficient (Wildman–Crippen LogP) is 3.00. The van der Waals surface area contributed by atoms with Gasteiger partial charge in [0.2, 0.25) is 5.91 Å². The molecule has 1 amide bonds. The van der Waals surface area contributed by atoms with Crippen molar-refractivity contribution in [3.05, 3.63) is 30.1 Å². The first-order valence-corrected chi connectivity index (χ1v) is 9.19. The highest BCUT2D eigenvalue weighted by atomic mass is 19.1. The minimum atomic E-state index is -0.319. The molecule has 0 atom stereocenters. The molecule has 1 heterocycles. The van der Waals surface area contributed by atoms with Crippen molar-refractivity contribution in [2.45, 2.75) is 39.0 Å². The van der Waals surface area contributed by atoms with Crippen LogP contribution in [0.4, 0.5) is 10.1 Å². The molecule has 0 unspecified atom stereocenters. The molecule has 2 N–H and O–H groups in total. The van der Waals surface area contributed by atoms with Gasteiger partial charge in [-0.25, -0.2) is 9.38 Å². The Bertz CT molecular complexity index is 623. The average Bonchev–Trinajstić information content (AvgIpc) is 3.24. The lowest BCUT2D eigenvalue weighted by atomic mass is 9.86. The minimum absolute atomic E-state index is 0.0587. The van der Waals surface area contributed by atoms with Gasteiger partial charge in [-0.15, -0.1) is 0 Å². The Kier molecular flexibility index (Phi) is 5.56. The molecular formula is C19H27FN4O. The second kappa shape index (κ2) is 7.85. The maximum absolute atomic E-state index is 12.9. The number of amides is 1. The van der Waals surface area contributed by atoms with Crippen molar-refractivity contribution in [3.8, 4) is 0 Å². The Balaban J connectivity index is 1.58. The molecule has 1 aromatic carbocycles. The van der Waals surface area contributed by atoms with Gasteiger partial charge in [0.15, 0.2) is 5.96 Å². The third kappa shape index (κ3) is 4.50. The summed E-state index contributed by atoms with van der Waals surface area (Å²) in [6.07, 6.45) is 6.52. The Labute approximate surface area is 148 Å². The predicted molar refractivity (Wildman–Crippen MR) is 98.1 cm³/mol. The van der Waals surface area contributed by atoms with Crippen molar-refractivity contribution in [1.29, 1.82) is 0 Å². The van der Waals surface area contributed by atoms with E-state index in [-0.39, 0.29) is 18.3 Å². The van der Waals surface area contributed by atoms with Crippen LogP contribution in [0.2, 0.25) is 0 Å². The van der Waals surface area contributed by atoms with Crippen LogP contribution in [0.1, 0.15) is 39.0 Å². The molecule has 2 aliphatic rings.